The maximum Gasteiger partial charge on any atom is 0.249 e. The molecule has 0 saturated heterocycles. The number of aliphatic hydroxyl groups is 4. The first-order chi connectivity index (χ1) is 29.5. The zero-order valence-corrected chi connectivity index (χ0v) is 40.7. The van der Waals surface area contributed by atoms with Gasteiger partial charge in [-0.15, -0.1) is 0 Å². The van der Waals surface area contributed by atoms with Gasteiger partial charge in [0.1, 0.15) is 12.2 Å². The smallest absolute Gasteiger partial charge is 0.249 e. The van der Waals surface area contributed by atoms with Crippen LogP contribution >= 0.6 is 0 Å². The zero-order chi connectivity index (χ0) is 43.8. The van der Waals surface area contributed by atoms with Crippen molar-refractivity contribution in [3.63, 3.8) is 0 Å². The van der Waals surface area contributed by atoms with Gasteiger partial charge in [0, 0.05) is 0 Å². The Hall–Kier alpha value is -0.690. The van der Waals surface area contributed by atoms with Crippen LogP contribution in [-0.2, 0) is 4.79 Å². The molecule has 0 rings (SSSR count). The Bertz CT molecular complexity index is 826. The second-order valence-corrected chi connectivity index (χ2v) is 19.3. The number of aliphatic hydroxyl groups excluding tert-OH is 4. The fourth-order valence-electron chi connectivity index (χ4n) is 9.00. The lowest BCUT2D eigenvalue weighted by Crippen LogP contribution is -2.53. The molecule has 0 bridgehead atoms. The highest BCUT2D eigenvalue weighted by molar-refractivity contribution is 5.80. The molecule has 0 aromatic carbocycles. The van der Waals surface area contributed by atoms with Crippen molar-refractivity contribution in [3.05, 3.63) is 0 Å². The summed E-state index contributed by atoms with van der Waals surface area (Å²) in [6.07, 6.45) is 56.0. The van der Waals surface area contributed by atoms with Crippen molar-refractivity contribution in [1.82, 2.24) is 5.32 Å². The van der Waals surface area contributed by atoms with E-state index >= 15 is 0 Å². The molecule has 0 radical (unpaired) electrons. The molecule has 0 aliphatic carbocycles. The van der Waals surface area contributed by atoms with Crippen molar-refractivity contribution in [3.8, 4) is 0 Å². The number of unbranched alkanes of at least 4 members (excludes halogenated alkanes) is 42. The molecule has 4 atom stereocenters. The van der Waals surface area contributed by atoms with Crippen LogP contribution < -0.4 is 5.32 Å². The average Bonchev–Trinajstić information content (AvgIpc) is 3.25. The summed E-state index contributed by atoms with van der Waals surface area (Å²) in [6, 6.07) is -0.980. The number of carbonyl (C=O) groups excluding carboxylic acids is 1. The number of rotatable bonds is 51. The molecular weight excluding hydrogens is 743 g/mol. The maximum atomic E-state index is 12.6. The van der Waals surface area contributed by atoms with Gasteiger partial charge in [-0.25, -0.2) is 0 Å². The molecule has 0 aromatic heterocycles. The van der Waals surface area contributed by atoms with Crippen molar-refractivity contribution in [2.75, 3.05) is 6.61 Å². The molecule has 0 aliphatic heterocycles. The van der Waals surface area contributed by atoms with E-state index in [1.807, 2.05) is 0 Å². The van der Waals surface area contributed by atoms with Gasteiger partial charge in [0.05, 0.1) is 18.8 Å². The maximum absolute atomic E-state index is 12.6. The van der Waals surface area contributed by atoms with Crippen LogP contribution in [0.3, 0.4) is 0 Å². The Balaban J connectivity index is 3.56. The van der Waals surface area contributed by atoms with Crippen molar-refractivity contribution in [1.29, 1.82) is 0 Å². The van der Waals surface area contributed by atoms with Gasteiger partial charge in [-0.3, -0.25) is 4.79 Å². The molecule has 0 heterocycles. The molecule has 6 heteroatoms. The Kier molecular flexibility index (Phi) is 48.8. The van der Waals surface area contributed by atoms with Gasteiger partial charge < -0.3 is 25.7 Å². The van der Waals surface area contributed by atoms with Crippen molar-refractivity contribution in [2.24, 2.45) is 0 Å². The molecular formula is C54H109NO5. The van der Waals surface area contributed by atoms with E-state index in [0.717, 1.165) is 38.5 Å². The molecule has 0 aliphatic rings. The second-order valence-electron chi connectivity index (χ2n) is 19.3. The van der Waals surface area contributed by atoms with E-state index in [4.69, 9.17) is 0 Å². The largest absolute Gasteiger partial charge is 0.394 e. The van der Waals surface area contributed by atoms with E-state index in [9.17, 15) is 25.2 Å². The minimum Gasteiger partial charge on any atom is -0.394 e. The molecule has 0 fully saturated rings. The van der Waals surface area contributed by atoms with Crippen LogP contribution in [0.25, 0.3) is 0 Å². The molecule has 4 unspecified atom stereocenters. The van der Waals surface area contributed by atoms with Crippen LogP contribution in [0.5, 0.6) is 0 Å². The van der Waals surface area contributed by atoms with Crippen molar-refractivity contribution < 1.29 is 25.2 Å². The summed E-state index contributed by atoms with van der Waals surface area (Å²) in [6.45, 7) is 4.09. The van der Waals surface area contributed by atoms with Crippen LogP contribution in [0.15, 0.2) is 0 Å². The monoisotopic (exact) mass is 852 g/mol. The Morgan fingerprint density at radius 2 is 0.567 bits per heavy atom. The van der Waals surface area contributed by atoms with E-state index in [0.29, 0.717) is 12.8 Å². The van der Waals surface area contributed by atoms with Crippen LogP contribution in [-0.4, -0.2) is 57.3 Å². The fourth-order valence-corrected chi connectivity index (χ4v) is 9.00. The SMILES string of the molecule is CCCCCCCCCCCCCCCCCCCCCCCCCCCCCCC(O)C(O)C(CO)NC(=O)C(O)CCCCCCCCCCCCCCCCCC. The third-order valence-electron chi connectivity index (χ3n) is 13.3. The number of nitrogens with one attached hydrogen (secondary N) is 1. The van der Waals surface area contributed by atoms with Crippen LogP contribution in [0.1, 0.15) is 309 Å². The average molecular weight is 852 g/mol. The first-order valence-electron chi connectivity index (χ1n) is 27.4. The van der Waals surface area contributed by atoms with Gasteiger partial charge in [0.15, 0.2) is 0 Å². The molecule has 360 valence electrons. The molecule has 5 N–H and O–H groups in total. The van der Waals surface area contributed by atoms with Crippen LogP contribution in [0.4, 0.5) is 0 Å². The summed E-state index contributed by atoms with van der Waals surface area (Å²) < 4.78 is 0. The summed E-state index contributed by atoms with van der Waals surface area (Å²) in [5, 5.41) is 43.9. The van der Waals surface area contributed by atoms with Crippen molar-refractivity contribution >= 4 is 5.91 Å². The quantitative estimate of drug-likeness (QED) is 0.0392. The topological polar surface area (TPSA) is 110 Å². The van der Waals surface area contributed by atoms with E-state index < -0.39 is 36.9 Å². The number of hydrogen-bond donors (Lipinski definition) is 5. The summed E-state index contributed by atoms with van der Waals surface area (Å²) in [5.41, 5.74) is 0. The van der Waals surface area contributed by atoms with Gasteiger partial charge in [-0.2, -0.15) is 0 Å². The van der Waals surface area contributed by atoms with E-state index in [1.54, 1.807) is 0 Å². The number of hydrogen-bond acceptors (Lipinski definition) is 5. The van der Waals surface area contributed by atoms with E-state index in [2.05, 4.69) is 19.2 Å². The Morgan fingerprint density at radius 1 is 0.350 bits per heavy atom. The van der Waals surface area contributed by atoms with E-state index in [-0.39, 0.29) is 0 Å². The highest BCUT2D eigenvalue weighted by Gasteiger charge is 2.28. The van der Waals surface area contributed by atoms with Crippen molar-refractivity contribution in [2.45, 2.75) is 334 Å². The third kappa shape index (κ3) is 42.6. The Morgan fingerprint density at radius 3 is 0.800 bits per heavy atom. The summed E-state index contributed by atoms with van der Waals surface area (Å²) in [5.74, 6) is -0.577. The molecule has 6 nitrogen and oxygen atoms in total. The van der Waals surface area contributed by atoms with Crippen LogP contribution in [0, 0.1) is 0 Å². The lowest BCUT2D eigenvalue weighted by atomic mass is 9.99. The first kappa shape index (κ1) is 59.3. The van der Waals surface area contributed by atoms with Gasteiger partial charge in [0.2, 0.25) is 5.91 Å². The summed E-state index contributed by atoms with van der Waals surface area (Å²) in [4.78, 5) is 12.6. The summed E-state index contributed by atoms with van der Waals surface area (Å²) >= 11 is 0. The third-order valence-corrected chi connectivity index (χ3v) is 13.3. The lowest BCUT2D eigenvalue weighted by molar-refractivity contribution is -0.132. The highest BCUT2D eigenvalue weighted by atomic mass is 16.3. The minimum absolute atomic E-state index is 0.376. The Labute approximate surface area is 375 Å². The van der Waals surface area contributed by atoms with Gasteiger partial charge in [0.25, 0.3) is 0 Å². The minimum atomic E-state index is -1.25. The second kappa shape index (κ2) is 49.3. The first-order valence-corrected chi connectivity index (χ1v) is 27.4. The number of carbonyl (C=O) groups is 1. The zero-order valence-electron chi connectivity index (χ0n) is 40.7. The highest BCUT2D eigenvalue weighted by Crippen LogP contribution is 2.19. The molecule has 0 aromatic rings. The van der Waals surface area contributed by atoms with Crippen LogP contribution in [0.2, 0.25) is 0 Å². The lowest BCUT2D eigenvalue weighted by Gasteiger charge is -2.27. The molecule has 1 amide bonds. The molecule has 0 saturated carbocycles. The van der Waals surface area contributed by atoms with Gasteiger partial charge >= 0.3 is 0 Å². The standard InChI is InChI=1S/C54H109NO5/c1-3-5-7-9-11-13-15-17-19-21-22-23-24-25-26-27-28-29-30-31-32-34-35-37-39-41-43-45-47-51(57)53(59)50(49-56)55-54(60)52(58)48-46-44-42-40-38-36-33-20-18-16-14-12-10-8-6-4-2/h50-53,56-59H,3-49H2,1-2H3,(H,55,60). The van der Waals surface area contributed by atoms with E-state index in [1.165, 1.54) is 244 Å². The predicted octanol–water partition coefficient (Wildman–Crippen LogP) is 15.5. The normalized spacial score (nSPS) is 13.8. The summed E-state index contributed by atoms with van der Waals surface area (Å²) in [7, 11) is 0. The predicted molar refractivity (Wildman–Crippen MR) is 261 cm³/mol. The van der Waals surface area contributed by atoms with Gasteiger partial charge in [-0.1, -0.05) is 296 Å². The molecule has 0 spiro atoms. The van der Waals surface area contributed by atoms with Gasteiger partial charge in [-0.05, 0) is 12.8 Å². The number of amides is 1. The molecule has 60 heavy (non-hydrogen) atoms. The fraction of sp³-hybridized carbons (Fsp3) is 0.981.